The van der Waals surface area contributed by atoms with Gasteiger partial charge in [-0.1, -0.05) is 6.92 Å². The highest BCUT2D eigenvalue weighted by Crippen LogP contribution is 2.24. The normalized spacial score (nSPS) is 25.4. The maximum atomic E-state index is 13.0. The van der Waals surface area contributed by atoms with Crippen molar-refractivity contribution in [2.24, 2.45) is 0 Å². The molecule has 1 amide bonds. The summed E-state index contributed by atoms with van der Waals surface area (Å²) in [5, 5.41) is 8.13. The Labute approximate surface area is 133 Å². The molecule has 3 rings (SSSR count). The molecule has 5 heteroatoms. The third-order valence-corrected chi connectivity index (χ3v) is 4.88. The standard InChI is InChI=1S/C17H28N4O/c1-5-15-14(10-18-21(15)17(2,3)4)16(22)20-9-8-12-6-7-13(11-20)19-12/h10,12-13,19H,5-9,11H2,1-4H3. The van der Waals surface area contributed by atoms with Gasteiger partial charge >= 0.3 is 0 Å². The van der Waals surface area contributed by atoms with Gasteiger partial charge in [0.25, 0.3) is 5.91 Å². The average Bonchev–Trinajstić information content (AvgIpc) is 3.00. The van der Waals surface area contributed by atoms with Crippen molar-refractivity contribution in [3.8, 4) is 0 Å². The van der Waals surface area contributed by atoms with Crippen molar-refractivity contribution < 1.29 is 4.79 Å². The summed E-state index contributed by atoms with van der Waals surface area (Å²) in [6, 6.07) is 1.07. The molecule has 1 aromatic heterocycles. The number of aromatic nitrogens is 2. The second-order valence-corrected chi connectivity index (χ2v) is 7.62. The van der Waals surface area contributed by atoms with Crippen molar-refractivity contribution in [2.45, 2.75) is 71.0 Å². The first-order valence-electron chi connectivity index (χ1n) is 8.53. The molecule has 2 saturated heterocycles. The molecule has 1 N–H and O–H groups in total. The van der Waals surface area contributed by atoms with E-state index in [2.05, 4.69) is 38.1 Å². The lowest BCUT2D eigenvalue weighted by Crippen LogP contribution is -2.39. The summed E-state index contributed by atoms with van der Waals surface area (Å²) in [7, 11) is 0. The molecule has 5 nitrogen and oxygen atoms in total. The minimum atomic E-state index is -0.0940. The fourth-order valence-electron chi connectivity index (χ4n) is 3.77. The second kappa shape index (κ2) is 5.69. The van der Waals surface area contributed by atoms with Gasteiger partial charge in [0, 0.05) is 25.2 Å². The largest absolute Gasteiger partial charge is 0.337 e. The van der Waals surface area contributed by atoms with Gasteiger partial charge in [-0.15, -0.1) is 0 Å². The Balaban J connectivity index is 1.84. The lowest BCUT2D eigenvalue weighted by Gasteiger charge is -2.25. The van der Waals surface area contributed by atoms with Crippen molar-refractivity contribution in [2.75, 3.05) is 13.1 Å². The van der Waals surface area contributed by atoms with Crippen LogP contribution in [0.5, 0.6) is 0 Å². The summed E-state index contributed by atoms with van der Waals surface area (Å²) in [6.07, 6.45) is 6.11. The number of rotatable bonds is 2. The zero-order valence-electron chi connectivity index (χ0n) is 14.2. The molecule has 2 fully saturated rings. The van der Waals surface area contributed by atoms with E-state index in [1.54, 1.807) is 6.20 Å². The zero-order chi connectivity index (χ0) is 15.9. The Hall–Kier alpha value is -1.36. The number of carbonyl (C=O) groups is 1. The molecule has 0 aromatic carbocycles. The van der Waals surface area contributed by atoms with Crippen LogP contribution in [-0.2, 0) is 12.0 Å². The fraction of sp³-hybridized carbons (Fsp3) is 0.765. The minimum absolute atomic E-state index is 0.0940. The Morgan fingerprint density at radius 2 is 2.05 bits per heavy atom. The van der Waals surface area contributed by atoms with E-state index in [0.717, 1.165) is 37.2 Å². The molecule has 122 valence electrons. The first kappa shape index (κ1) is 15.5. The molecule has 2 aliphatic rings. The van der Waals surface area contributed by atoms with Crippen LogP contribution in [0, 0.1) is 0 Å². The van der Waals surface area contributed by atoms with Crippen molar-refractivity contribution in [3.63, 3.8) is 0 Å². The van der Waals surface area contributed by atoms with Gasteiger partial charge in [-0.3, -0.25) is 9.48 Å². The molecule has 2 atom stereocenters. The first-order chi connectivity index (χ1) is 10.4. The molecule has 0 radical (unpaired) electrons. The maximum Gasteiger partial charge on any atom is 0.257 e. The van der Waals surface area contributed by atoms with Crippen LogP contribution in [0.25, 0.3) is 0 Å². The van der Waals surface area contributed by atoms with E-state index in [1.165, 1.54) is 12.8 Å². The van der Waals surface area contributed by atoms with Gasteiger partial charge < -0.3 is 10.2 Å². The molecular weight excluding hydrogens is 276 g/mol. The van der Waals surface area contributed by atoms with E-state index >= 15 is 0 Å². The van der Waals surface area contributed by atoms with Gasteiger partial charge in [-0.05, 0) is 46.5 Å². The molecule has 2 aliphatic heterocycles. The monoisotopic (exact) mass is 304 g/mol. The Morgan fingerprint density at radius 1 is 1.32 bits per heavy atom. The second-order valence-electron chi connectivity index (χ2n) is 7.62. The highest BCUT2D eigenvalue weighted by atomic mass is 16.2. The maximum absolute atomic E-state index is 13.0. The highest BCUT2D eigenvalue weighted by molar-refractivity contribution is 5.95. The number of amides is 1. The van der Waals surface area contributed by atoms with E-state index in [4.69, 9.17) is 0 Å². The number of carbonyl (C=O) groups excluding carboxylic acids is 1. The summed E-state index contributed by atoms with van der Waals surface area (Å²) in [6.45, 7) is 10.2. The molecule has 1 aromatic rings. The van der Waals surface area contributed by atoms with Crippen LogP contribution < -0.4 is 5.32 Å². The van der Waals surface area contributed by atoms with E-state index in [0.29, 0.717) is 12.1 Å². The summed E-state index contributed by atoms with van der Waals surface area (Å²) >= 11 is 0. The quantitative estimate of drug-likeness (QED) is 0.911. The van der Waals surface area contributed by atoms with Crippen LogP contribution in [0.4, 0.5) is 0 Å². The summed E-state index contributed by atoms with van der Waals surface area (Å²) in [5.74, 6) is 0.154. The van der Waals surface area contributed by atoms with Gasteiger partial charge in [0.1, 0.15) is 0 Å². The van der Waals surface area contributed by atoms with Crippen LogP contribution in [0.15, 0.2) is 6.20 Å². The van der Waals surface area contributed by atoms with Crippen LogP contribution in [0.1, 0.15) is 63.0 Å². The number of hydrogen-bond donors (Lipinski definition) is 1. The Kier molecular flexibility index (Phi) is 4.02. The lowest BCUT2D eigenvalue weighted by molar-refractivity contribution is 0.0746. The third-order valence-electron chi connectivity index (χ3n) is 4.88. The van der Waals surface area contributed by atoms with Crippen molar-refractivity contribution in [1.82, 2.24) is 20.0 Å². The molecule has 2 bridgehead atoms. The SMILES string of the molecule is CCc1c(C(=O)N2CCC3CCC(C2)N3)cnn1C(C)(C)C. The van der Waals surface area contributed by atoms with Gasteiger partial charge in [0.05, 0.1) is 23.0 Å². The summed E-state index contributed by atoms with van der Waals surface area (Å²) in [4.78, 5) is 15.0. The van der Waals surface area contributed by atoms with Gasteiger partial charge in [-0.2, -0.15) is 5.10 Å². The predicted molar refractivity (Wildman–Crippen MR) is 87.1 cm³/mol. The Morgan fingerprint density at radius 3 is 2.73 bits per heavy atom. The van der Waals surface area contributed by atoms with Gasteiger partial charge in [-0.25, -0.2) is 0 Å². The molecule has 3 heterocycles. The number of nitrogens with one attached hydrogen (secondary N) is 1. The zero-order valence-corrected chi connectivity index (χ0v) is 14.2. The number of nitrogens with zero attached hydrogens (tertiary/aromatic N) is 3. The van der Waals surface area contributed by atoms with Gasteiger partial charge in [0.15, 0.2) is 0 Å². The number of hydrogen-bond acceptors (Lipinski definition) is 3. The predicted octanol–water partition coefficient (Wildman–Crippen LogP) is 2.17. The molecule has 0 aliphatic carbocycles. The fourth-order valence-corrected chi connectivity index (χ4v) is 3.77. The lowest BCUT2D eigenvalue weighted by atomic mass is 10.1. The molecule has 2 unspecified atom stereocenters. The first-order valence-corrected chi connectivity index (χ1v) is 8.53. The van der Waals surface area contributed by atoms with Crippen molar-refractivity contribution >= 4 is 5.91 Å². The molecule has 22 heavy (non-hydrogen) atoms. The summed E-state index contributed by atoms with van der Waals surface area (Å²) < 4.78 is 2.00. The third kappa shape index (κ3) is 2.78. The van der Waals surface area contributed by atoms with Crippen LogP contribution in [0.3, 0.4) is 0 Å². The van der Waals surface area contributed by atoms with Crippen LogP contribution >= 0.6 is 0 Å². The van der Waals surface area contributed by atoms with Crippen molar-refractivity contribution in [1.29, 1.82) is 0 Å². The van der Waals surface area contributed by atoms with E-state index in [-0.39, 0.29) is 11.4 Å². The molecule has 0 saturated carbocycles. The van der Waals surface area contributed by atoms with Crippen LogP contribution in [0.2, 0.25) is 0 Å². The topological polar surface area (TPSA) is 50.2 Å². The van der Waals surface area contributed by atoms with E-state index in [9.17, 15) is 4.79 Å². The number of fused-ring (bicyclic) bond motifs is 2. The molecule has 0 spiro atoms. The van der Waals surface area contributed by atoms with Crippen molar-refractivity contribution in [3.05, 3.63) is 17.5 Å². The van der Waals surface area contributed by atoms with Crippen LogP contribution in [-0.4, -0.2) is 45.8 Å². The smallest absolute Gasteiger partial charge is 0.257 e. The minimum Gasteiger partial charge on any atom is -0.337 e. The number of likely N-dealkylation sites (tertiary alicyclic amines) is 1. The highest BCUT2D eigenvalue weighted by Gasteiger charge is 2.33. The Bertz CT molecular complexity index is 557. The van der Waals surface area contributed by atoms with Gasteiger partial charge in [0.2, 0.25) is 0 Å². The van der Waals surface area contributed by atoms with E-state index < -0.39 is 0 Å². The summed E-state index contributed by atoms with van der Waals surface area (Å²) in [5.41, 5.74) is 1.75. The average molecular weight is 304 g/mol. The van der Waals surface area contributed by atoms with E-state index in [1.807, 2.05) is 9.58 Å². The molecular formula is C17H28N4O.